The molecular weight excluding hydrogens is 360 g/mol. The van der Waals surface area contributed by atoms with Gasteiger partial charge in [-0.3, -0.25) is 9.69 Å². The fourth-order valence-corrected chi connectivity index (χ4v) is 5.16. The Morgan fingerprint density at radius 2 is 2.05 bits per heavy atom. The first kappa shape index (κ1) is 16.5. The Labute approximate surface area is 145 Å². The van der Waals surface area contributed by atoms with Crippen LogP contribution in [0.4, 0.5) is 0 Å². The molecule has 3 nitrogen and oxygen atoms in total. The van der Waals surface area contributed by atoms with Crippen molar-refractivity contribution in [3.8, 4) is 0 Å². The number of piperidine rings is 1. The van der Waals surface area contributed by atoms with Gasteiger partial charge in [0.25, 0.3) is 0 Å². The van der Waals surface area contributed by atoms with Gasteiger partial charge in [0.15, 0.2) is 0 Å². The Bertz CT molecular complexity index is 499. The van der Waals surface area contributed by atoms with Crippen molar-refractivity contribution in [3.63, 3.8) is 0 Å². The Morgan fingerprint density at radius 3 is 2.77 bits per heavy atom. The molecule has 22 heavy (non-hydrogen) atoms. The summed E-state index contributed by atoms with van der Waals surface area (Å²) in [4.78, 5) is 16.3. The summed E-state index contributed by atoms with van der Waals surface area (Å²) >= 11 is 5.32. The van der Waals surface area contributed by atoms with Gasteiger partial charge < -0.3 is 5.32 Å². The maximum Gasteiger partial charge on any atom is 0.224 e. The normalized spacial score (nSPS) is 24.3. The van der Waals surface area contributed by atoms with Crippen LogP contribution in [0, 0.1) is 5.92 Å². The van der Waals surface area contributed by atoms with Crippen molar-refractivity contribution in [2.45, 2.75) is 57.5 Å². The summed E-state index contributed by atoms with van der Waals surface area (Å²) in [7, 11) is 0. The van der Waals surface area contributed by atoms with Gasteiger partial charge in [-0.15, -0.1) is 11.3 Å². The van der Waals surface area contributed by atoms with Crippen molar-refractivity contribution in [1.82, 2.24) is 10.2 Å². The first-order valence-electron chi connectivity index (χ1n) is 8.47. The average Bonchev–Trinajstić information content (AvgIpc) is 2.93. The third-order valence-corrected chi connectivity index (χ3v) is 6.44. The molecule has 1 unspecified atom stereocenters. The Morgan fingerprint density at radius 1 is 1.23 bits per heavy atom. The van der Waals surface area contributed by atoms with Crippen LogP contribution in [0.25, 0.3) is 0 Å². The number of amides is 1. The second-order valence-corrected chi connectivity index (χ2v) is 9.17. The maximum absolute atomic E-state index is 12.5. The monoisotopic (exact) mass is 384 g/mol. The fourth-order valence-electron chi connectivity index (χ4n) is 3.64. The van der Waals surface area contributed by atoms with Crippen LogP contribution in [-0.4, -0.2) is 29.9 Å². The molecule has 5 heteroatoms. The topological polar surface area (TPSA) is 32.3 Å². The van der Waals surface area contributed by atoms with Crippen LogP contribution in [0.2, 0.25) is 0 Å². The van der Waals surface area contributed by atoms with E-state index in [-0.39, 0.29) is 5.92 Å². The summed E-state index contributed by atoms with van der Waals surface area (Å²) in [6, 6.07) is 4.72. The molecular formula is C17H25BrN2OS. The SMILES string of the molecule is O=C(NC1CCCCC1)C1CCCN(Cc2ccc(Br)s2)C1. The second kappa shape index (κ2) is 7.93. The quantitative estimate of drug-likeness (QED) is 0.844. The summed E-state index contributed by atoms with van der Waals surface area (Å²) in [5.74, 6) is 0.475. The zero-order chi connectivity index (χ0) is 15.4. The number of carbonyl (C=O) groups excluding carboxylic acids is 1. The molecule has 0 bridgehead atoms. The molecule has 1 saturated carbocycles. The minimum absolute atomic E-state index is 0.180. The molecule has 122 valence electrons. The highest BCUT2D eigenvalue weighted by molar-refractivity contribution is 9.11. The van der Waals surface area contributed by atoms with E-state index in [1.54, 1.807) is 11.3 Å². The molecule has 1 aromatic rings. The molecule has 1 saturated heterocycles. The van der Waals surface area contributed by atoms with E-state index in [4.69, 9.17) is 0 Å². The molecule has 1 aromatic heterocycles. The molecule has 2 aliphatic rings. The van der Waals surface area contributed by atoms with Crippen molar-refractivity contribution < 1.29 is 4.79 Å². The number of hydrogen-bond donors (Lipinski definition) is 1. The maximum atomic E-state index is 12.5. The van der Waals surface area contributed by atoms with Gasteiger partial charge in [0.05, 0.1) is 9.70 Å². The predicted molar refractivity (Wildman–Crippen MR) is 95.0 cm³/mol. The lowest BCUT2D eigenvalue weighted by Gasteiger charge is -2.33. The summed E-state index contributed by atoms with van der Waals surface area (Å²) in [5.41, 5.74) is 0. The third-order valence-electron chi connectivity index (χ3n) is 4.84. The van der Waals surface area contributed by atoms with Gasteiger partial charge in [0, 0.05) is 24.0 Å². The number of carbonyl (C=O) groups is 1. The van der Waals surface area contributed by atoms with Crippen LogP contribution in [0.15, 0.2) is 15.9 Å². The van der Waals surface area contributed by atoms with E-state index in [2.05, 4.69) is 38.3 Å². The molecule has 1 amide bonds. The van der Waals surface area contributed by atoms with Crippen molar-refractivity contribution >= 4 is 33.2 Å². The number of hydrogen-bond acceptors (Lipinski definition) is 3. The number of thiophene rings is 1. The zero-order valence-corrected chi connectivity index (χ0v) is 15.4. The van der Waals surface area contributed by atoms with E-state index < -0.39 is 0 Å². The van der Waals surface area contributed by atoms with Gasteiger partial charge in [0.2, 0.25) is 5.91 Å². The number of rotatable bonds is 4. The van der Waals surface area contributed by atoms with Gasteiger partial charge in [-0.1, -0.05) is 19.3 Å². The molecule has 1 aliphatic carbocycles. The Kier molecular flexibility index (Phi) is 5.94. The number of nitrogens with one attached hydrogen (secondary N) is 1. The lowest BCUT2D eigenvalue weighted by Crippen LogP contribution is -2.46. The summed E-state index contributed by atoms with van der Waals surface area (Å²) in [5, 5.41) is 3.31. The van der Waals surface area contributed by atoms with Crippen LogP contribution in [0.1, 0.15) is 49.8 Å². The molecule has 1 N–H and O–H groups in total. The van der Waals surface area contributed by atoms with Gasteiger partial charge in [-0.05, 0) is 60.3 Å². The lowest BCUT2D eigenvalue weighted by atomic mass is 9.93. The molecule has 2 heterocycles. The van der Waals surface area contributed by atoms with Crippen molar-refractivity contribution in [2.24, 2.45) is 5.92 Å². The Balaban J connectivity index is 1.49. The third kappa shape index (κ3) is 4.56. The summed E-state index contributed by atoms with van der Waals surface area (Å²) < 4.78 is 1.19. The standard InChI is InChI=1S/C17H25BrN2OS/c18-16-9-8-15(22-16)12-20-10-4-5-13(11-20)17(21)19-14-6-2-1-3-7-14/h8-9,13-14H,1-7,10-12H2,(H,19,21). The minimum Gasteiger partial charge on any atom is -0.353 e. The average molecular weight is 385 g/mol. The second-order valence-electron chi connectivity index (χ2n) is 6.62. The van der Waals surface area contributed by atoms with E-state index >= 15 is 0 Å². The number of halogens is 1. The molecule has 0 radical (unpaired) electrons. The molecule has 0 aromatic carbocycles. The first-order chi connectivity index (χ1) is 10.7. The van der Waals surface area contributed by atoms with Crippen LogP contribution in [0.5, 0.6) is 0 Å². The number of nitrogens with zero attached hydrogens (tertiary/aromatic N) is 1. The molecule has 2 fully saturated rings. The minimum atomic E-state index is 0.180. The first-order valence-corrected chi connectivity index (χ1v) is 10.1. The Hall–Kier alpha value is -0.390. The number of likely N-dealkylation sites (tertiary alicyclic amines) is 1. The van der Waals surface area contributed by atoms with Crippen LogP contribution < -0.4 is 5.32 Å². The van der Waals surface area contributed by atoms with E-state index in [9.17, 15) is 4.79 Å². The van der Waals surface area contributed by atoms with Crippen molar-refractivity contribution in [2.75, 3.05) is 13.1 Å². The van der Waals surface area contributed by atoms with Crippen LogP contribution >= 0.6 is 27.3 Å². The van der Waals surface area contributed by atoms with Crippen molar-refractivity contribution in [1.29, 1.82) is 0 Å². The fraction of sp³-hybridized carbons (Fsp3) is 0.706. The van der Waals surface area contributed by atoms with Gasteiger partial charge in [0.1, 0.15) is 0 Å². The van der Waals surface area contributed by atoms with E-state index in [0.29, 0.717) is 11.9 Å². The van der Waals surface area contributed by atoms with Crippen molar-refractivity contribution in [3.05, 3.63) is 20.8 Å². The summed E-state index contributed by atoms with van der Waals surface area (Å²) in [6.07, 6.45) is 8.40. The van der Waals surface area contributed by atoms with Crippen LogP contribution in [0.3, 0.4) is 0 Å². The van der Waals surface area contributed by atoms with E-state index in [1.165, 1.54) is 40.8 Å². The summed E-state index contributed by atoms with van der Waals surface area (Å²) in [6.45, 7) is 3.00. The van der Waals surface area contributed by atoms with Gasteiger partial charge in [-0.2, -0.15) is 0 Å². The highest BCUT2D eigenvalue weighted by Gasteiger charge is 2.27. The predicted octanol–water partition coefficient (Wildman–Crippen LogP) is 4.17. The van der Waals surface area contributed by atoms with Crippen LogP contribution in [-0.2, 0) is 11.3 Å². The zero-order valence-electron chi connectivity index (χ0n) is 13.0. The van der Waals surface area contributed by atoms with E-state index in [0.717, 1.165) is 32.5 Å². The smallest absolute Gasteiger partial charge is 0.224 e. The molecule has 0 spiro atoms. The molecule has 1 atom stereocenters. The molecule has 3 rings (SSSR count). The van der Waals surface area contributed by atoms with E-state index in [1.807, 2.05) is 0 Å². The molecule has 1 aliphatic heterocycles. The largest absolute Gasteiger partial charge is 0.353 e. The van der Waals surface area contributed by atoms with Gasteiger partial charge >= 0.3 is 0 Å². The lowest BCUT2D eigenvalue weighted by molar-refractivity contribution is -0.127. The van der Waals surface area contributed by atoms with Gasteiger partial charge in [-0.25, -0.2) is 0 Å². The highest BCUT2D eigenvalue weighted by atomic mass is 79.9. The highest BCUT2D eigenvalue weighted by Crippen LogP contribution is 2.26.